The van der Waals surface area contributed by atoms with Crippen LogP contribution >= 0.6 is 0 Å². The number of imide groups is 1. The lowest BCUT2D eigenvalue weighted by Gasteiger charge is -2.27. The van der Waals surface area contributed by atoms with E-state index >= 15 is 0 Å². The molecule has 1 rings (SSSR count). The van der Waals surface area contributed by atoms with Gasteiger partial charge in [-0.05, 0) is 6.42 Å². The van der Waals surface area contributed by atoms with Crippen LogP contribution in [0.15, 0.2) is 0 Å². The van der Waals surface area contributed by atoms with Crippen molar-refractivity contribution in [1.82, 2.24) is 10.2 Å². The maximum Gasteiger partial charge on any atom is 0.229 e. The lowest BCUT2D eigenvalue weighted by molar-refractivity contribution is -0.149. The highest BCUT2D eigenvalue weighted by atomic mass is 16.3. The topological polar surface area (TPSA) is 69.6 Å². The van der Waals surface area contributed by atoms with Gasteiger partial charge in [0.25, 0.3) is 0 Å². The number of carbonyl (C=O) groups excluding carboxylic acids is 2. The molecule has 0 aromatic heterocycles. The van der Waals surface area contributed by atoms with Crippen LogP contribution < -0.4 is 5.32 Å². The fourth-order valence-electron chi connectivity index (χ4n) is 1.65. The van der Waals surface area contributed by atoms with Crippen molar-refractivity contribution in [3.05, 3.63) is 0 Å². The molecule has 2 amide bonds. The number of carbonyl (C=O) groups is 2. The summed E-state index contributed by atoms with van der Waals surface area (Å²) in [7, 11) is 0. The van der Waals surface area contributed by atoms with Crippen molar-refractivity contribution in [3.8, 4) is 0 Å². The van der Waals surface area contributed by atoms with E-state index in [2.05, 4.69) is 5.32 Å². The molecule has 1 heterocycles. The number of nitrogens with zero attached hydrogens (tertiary/aromatic N) is 1. The van der Waals surface area contributed by atoms with Gasteiger partial charge < -0.3 is 10.4 Å². The number of likely N-dealkylation sites (tertiary alicyclic amines) is 1. The van der Waals surface area contributed by atoms with E-state index < -0.39 is 6.10 Å². The number of amides is 2. The largest absolute Gasteiger partial charge is 0.390 e. The number of rotatable bonds is 5. The highest BCUT2D eigenvalue weighted by molar-refractivity contribution is 5.97. The SMILES string of the molecule is CC(C)NCC(O)CN1C(=O)CCCC1=O. The predicted octanol–water partition coefficient (Wildman–Crippen LogP) is -0.116. The molecule has 5 heteroatoms. The van der Waals surface area contributed by atoms with Crippen molar-refractivity contribution in [2.45, 2.75) is 45.3 Å². The average Bonchev–Trinajstić information content (AvgIpc) is 2.21. The lowest BCUT2D eigenvalue weighted by atomic mass is 10.1. The number of hydrogen-bond donors (Lipinski definition) is 2. The first-order valence-electron chi connectivity index (χ1n) is 5.75. The van der Waals surface area contributed by atoms with E-state index in [-0.39, 0.29) is 24.4 Å². The van der Waals surface area contributed by atoms with Crippen LogP contribution in [0.3, 0.4) is 0 Å². The summed E-state index contributed by atoms with van der Waals surface area (Å²) >= 11 is 0. The highest BCUT2D eigenvalue weighted by Gasteiger charge is 2.27. The summed E-state index contributed by atoms with van der Waals surface area (Å²) in [4.78, 5) is 24.1. The Bertz CT molecular complexity index is 250. The molecule has 1 unspecified atom stereocenters. The third kappa shape index (κ3) is 3.90. The van der Waals surface area contributed by atoms with Gasteiger partial charge in [-0.3, -0.25) is 14.5 Å². The van der Waals surface area contributed by atoms with Crippen LogP contribution in [0.1, 0.15) is 33.1 Å². The van der Waals surface area contributed by atoms with E-state index in [1.165, 1.54) is 4.90 Å². The van der Waals surface area contributed by atoms with Gasteiger partial charge in [0.15, 0.2) is 0 Å². The average molecular weight is 228 g/mol. The Balaban J connectivity index is 2.39. The number of piperidine rings is 1. The Morgan fingerprint density at radius 2 is 1.88 bits per heavy atom. The first-order valence-corrected chi connectivity index (χ1v) is 5.75. The van der Waals surface area contributed by atoms with Gasteiger partial charge in [0.2, 0.25) is 11.8 Å². The van der Waals surface area contributed by atoms with Crippen molar-refractivity contribution in [2.75, 3.05) is 13.1 Å². The summed E-state index contributed by atoms with van der Waals surface area (Å²) in [6.07, 6.45) is 0.772. The first-order chi connectivity index (χ1) is 7.50. The number of hydrogen-bond acceptors (Lipinski definition) is 4. The van der Waals surface area contributed by atoms with Crippen molar-refractivity contribution in [2.24, 2.45) is 0 Å². The zero-order chi connectivity index (χ0) is 12.1. The van der Waals surface area contributed by atoms with E-state index in [0.717, 1.165) is 0 Å². The molecule has 0 radical (unpaired) electrons. The Hall–Kier alpha value is -0.940. The molecule has 0 spiro atoms. The molecule has 0 aromatic carbocycles. The molecule has 16 heavy (non-hydrogen) atoms. The van der Waals surface area contributed by atoms with E-state index in [4.69, 9.17) is 0 Å². The minimum Gasteiger partial charge on any atom is -0.390 e. The minimum absolute atomic E-state index is 0.109. The smallest absolute Gasteiger partial charge is 0.229 e. The fourth-order valence-corrected chi connectivity index (χ4v) is 1.65. The Kier molecular flexibility index (Phi) is 4.89. The quantitative estimate of drug-likeness (QED) is 0.644. The van der Waals surface area contributed by atoms with Crippen LogP contribution in [-0.2, 0) is 9.59 Å². The number of β-amino-alcohol motifs (C(OH)–C–C–N with tert-alkyl or cyclic N) is 1. The van der Waals surface area contributed by atoms with E-state index in [9.17, 15) is 14.7 Å². The molecular formula is C11H20N2O3. The maximum absolute atomic E-state index is 11.5. The fraction of sp³-hybridized carbons (Fsp3) is 0.818. The molecule has 1 saturated heterocycles. The van der Waals surface area contributed by atoms with E-state index in [1.807, 2.05) is 13.8 Å². The molecule has 5 nitrogen and oxygen atoms in total. The zero-order valence-electron chi connectivity index (χ0n) is 9.90. The van der Waals surface area contributed by atoms with Gasteiger partial charge in [0.05, 0.1) is 12.6 Å². The number of nitrogens with one attached hydrogen (secondary N) is 1. The van der Waals surface area contributed by atoms with Crippen molar-refractivity contribution >= 4 is 11.8 Å². The van der Waals surface area contributed by atoms with Gasteiger partial charge in [0.1, 0.15) is 0 Å². The molecule has 1 aliphatic heterocycles. The third-order valence-electron chi connectivity index (χ3n) is 2.54. The first kappa shape index (κ1) is 13.1. The molecule has 1 fully saturated rings. The van der Waals surface area contributed by atoms with Gasteiger partial charge in [-0.25, -0.2) is 0 Å². The van der Waals surface area contributed by atoms with Gasteiger partial charge in [-0.2, -0.15) is 0 Å². The second-order valence-corrected chi connectivity index (χ2v) is 4.47. The summed E-state index contributed by atoms with van der Waals surface area (Å²) in [5, 5.41) is 12.7. The summed E-state index contributed by atoms with van der Waals surface area (Å²) in [5.41, 5.74) is 0. The van der Waals surface area contributed by atoms with Crippen LogP contribution in [0.25, 0.3) is 0 Å². The van der Waals surface area contributed by atoms with E-state index in [1.54, 1.807) is 0 Å². The molecule has 0 aliphatic carbocycles. The van der Waals surface area contributed by atoms with Gasteiger partial charge in [-0.15, -0.1) is 0 Å². The van der Waals surface area contributed by atoms with Crippen LogP contribution in [0.2, 0.25) is 0 Å². The third-order valence-corrected chi connectivity index (χ3v) is 2.54. The Labute approximate surface area is 95.8 Å². The standard InChI is InChI=1S/C11H20N2O3/c1-8(2)12-6-9(14)7-13-10(15)4-3-5-11(13)16/h8-9,12,14H,3-7H2,1-2H3. The molecule has 1 aliphatic rings. The summed E-state index contributed by atoms with van der Waals surface area (Å²) in [5.74, 6) is -0.334. The lowest BCUT2D eigenvalue weighted by Crippen LogP contribution is -2.47. The summed E-state index contributed by atoms with van der Waals surface area (Å²) in [6, 6.07) is 0.280. The van der Waals surface area contributed by atoms with Crippen LogP contribution in [-0.4, -0.2) is 47.1 Å². The molecule has 0 saturated carbocycles. The van der Waals surface area contributed by atoms with Crippen molar-refractivity contribution in [3.63, 3.8) is 0 Å². The van der Waals surface area contributed by atoms with Gasteiger partial charge in [-0.1, -0.05) is 13.8 Å². The Morgan fingerprint density at radius 3 is 2.38 bits per heavy atom. The second kappa shape index (κ2) is 5.96. The number of aliphatic hydroxyl groups excluding tert-OH is 1. The maximum atomic E-state index is 11.5. The Morgan fingerprint density at radius 1 is 1.31 bits per heavy atom. The predicted molar refractivity (Wildman–Crippen MR) is 59.7 cm³/mol. The molecular weight excluding hydrogens is 208 g/mol. The van der Waals surface area contributed by atoms with E-state index in [0.29, 0.717) is 25.8 Å². The highest BCUT2D eigenvalue weighted by Crippen LogP contribution is 2.12. The normalized spacial score (nSPS) is 19.4. The van der Waals surface area contributed by atoms with Crippen LogP contribution in [0.4, 0.5) is 0 Å². The minimum atomic E-state index is -0.687. The summed E-state index contributed by atoms with van der Waals surface area (Å²) in [6.45, 7) is 4.46. The summed E-state index contributed by atoms with van der Waals surface area (Å²) < 4.78 is 0. The van der Waals surface area contributed by atoms with Gasteiger partial charge >= 0.3 is 0 Å². The van der Waals surface area contributed by atoms with Crippen molar-refractivity contribution < 1.29 is 14.7 Å². The molecule has 2 N–H and O–H groups in total. The molecule has 0 bridgehead atoms. The van der Waals surface area contributed by atoms with Crippen LogP contribution in [0, 0.1) is 0 Å². The monoisotopic (exact) mass is 228 g/mol. The molecule has 1 atom stereocenters. The molecule has 92 valence electrons. The van der Waals surface area contributed by atoms with Crippen molar-refractivity contribution in [1.29, 1.82) is 0 Å². The zero-order valence-corrected chi connectivity index (χ0v) is 9.90. The molecule has 0 aromatic rings. The second-order valence-electron chi connectivity index (χ2n) is 4.47. The van der Waals surface area contributed by atoms with Gasteiger partial charge in [0, 0.05) is 25.4 Å². The van der Waals surface area contributed by atoms with Crippen LogP contribution in [0.5, 0.6) is 0 Å². The number of aliphatic hydroxyl groups is 1.